The van der Waals surface area contributed by atoms with Gasteiger partial charge in [-0.2, -0.15) is 0 Å². The SMILES string of the molecule is COC(=O)c1ccc2c(=O)[nH]c(CN3CCN(C(=O)C4CC4)CC3)nc2c1. The highest BCUT2D eigenvalue weighted by Crippen LogP contribution is 2.31. The normalized spacial score (nSPS) is 17.9. The van der Waals surface area contributed by atoms with Crippen molar-refractivity contribution >= 4 is 22.8 Å². The molecule has 8 heteroatoms. The fourth-order valence-electron chi connectivity index (χ4n) is 3.43. The van der Waals surface area contributed by atoms with Crippen molar-refractivity contribution in [2.24, 2.45) is 5.92 Å². The Labute approximate surface area is 156 Å². The van der Waals surface area contributed by atoms with E-state index >= 15 is 0 Å². The van der Waals surface area contributed by atoms with Gasteiger partial charge in [-0.15, -0.1) is 0 Å². The van der Waals surface area contributed by atoms with E-state index in [1.54, 1.807) is 18.2 Å². The highest BCUT2D eigenvalue weighted by molar-refractivity contribution is 5.93. The van der Waals surface area contributed by atoms with Crippen molar-refractivity contribution in [2.75, 3.05) is 33.3 Å². The minimum Gasteiger partial charge on any atom is -0.465 e. The summed E-state index contributed by atoms with van der Waals surface area (Å²) >= 11 is 0. The third-order valence-electron chi connectivity index (χ3n) is 5.16. The molecule has 1 amide bonds. The zero-order chi connectivity index (χ0) is 19.0. The summed E-state index contributed by atoms with van der Waals surface area (Å²) in [6, 6.07) is 4.71. The molecule has 0 bridgehead atoms. The Bertz CT molecular complexity index is 942. The molecule has 1 saturated heterocycles. The van der Waals surface area contributed by atoms with Crippen LogP contribution in [0.4, 0.5) is 0 Å². The maximum atomic E-state index is 12.3. The number of esters is 1. The number of H-pyrrole nitrogens is 1. The van der Waals surface area contributed by atoms with E-state index < -0.39 is 5.97 Å². The predicted molar refractivity (Wildman–Crippen MR) is 98.3 cm³/mol. The van der Waals surface area contributed by atoms with Gasteiger partial charge in [0.2, 0.25) is 5.91 Å². The number of hydrogen-bond donors (Lipinski definition) is 1. The molecule has 142 valence electrons. The Morgan fingerprint density at radius 3 is 2.63 bits per heavy atom. The van der Waals surface area contributed by atoms with Gasteiger partial charge in [0, 0.05) is 32.1 Å². The van der Waals surface area contributed by atoms with Crippen LogP contribution in [0.2, 0.25) is 0 Å². The summed E-state index contributed by atoms with van der Waals surface area (Å²) in [6.45, 7) is 3.42. The van der Waals surface area contributed by atoms with E-state index in [1.807, 2.05) is 4.90 Å². The quantitative estimate of drug-likeness (QED) is 0.799. The number of hydrogen-bond acceptors (Lipinski definition) is 6. The smallest absolute Gasteiger partial charge is 0.337 e. The van der Waals surface area contributed by atoms with Gasteiger partial charge < -0.3 is 14.6 Å². The van der Waals surface area contributed by atoms with Gasteiger partial charge in [-0.1, -0.05) is 0 Å². The van der Waals surface area contributed by atoms with Crippen molar-refractivity contribution < 1.29 is 14.3 Å². The molecule has 1 aliphatic heterocycles. The van der Waals surface area contributed by atoms with E-state index in [2.05, 4.69) is 14.9 Å². The monoisotopic (exact) mass is 370 g/mol. The molecule has 2 fully saturated rings. The van der Waals surface area contributed by atoms with E-state index in [1.165, 1.54) is 7.11 Å². The maximum absolute atomic E-state index is 12.3. The molecule has 2 aliphatic rings. The Balaban J connectivity index is 1.48. The Kier molecular flexibility index (Phi) is 4.65. The summed E-state index contributed by atoms with van der Waals surface area (Å²) in [7, 11) is 1.32. The number of fused-ring (bicyclic) bond motifs is 1. The lowest BCUT2D eigenvalue weighted by molar-refractivity contribution is -0.134. The fourth-order valence-corrected chi connectivity index (χ4v) is 3.43. The van der Waals surface area contributed by atoms with Gasteiger partial charge in [-0.3, -0.25) is 14.5 Å². The van der Waals surface area contributed by atoms with Gasteiger partial charge in [-0.25, -0.2) is 9.78 Å². The first kappa shape index (κ1) is 17.7. The molecule has 1 aromatic carbocycles. The van der Waals surface area contributed by atoms with Gasteiger partial charge in [0.1, 0.15) is 5.82 Å². The number of aromatic amines is 1. The zero-order valence-electron chi connectivity index (χ0n) is 15.2. The van der Waals surface area contributed by atoms with Crippen LogP contribution in [0.5, 0.6) is 0 Å². The third-order valence-corrected chi connectivity index (χ3v) is 5.16. The first-order valence-corrected chi connectivity index (χ1v) is 9.17. The van der Waals surface area contributed by atoms with Crippen LogP contribution < -0.4 is 5.56 Å². The topological polar surface area (TPSA) is 95.6 Å². The molecule has 0 radical (unpaired) electrons. The lowest BCUT2D eigenvalue weighted by Gasteiger charge is -2.34. The van der Waals surface area contributed by atoms with Gasteiger partial charge >= 0.3 is 5.97 Å². The van der Waals surface area contributed by atoms with Crippen LogP contribution in [-0.4, -0.2) is 64.9 Å². The van der Waals surface area contributed by atoms with Crippen molar-refractivity contribution in [3.05, 3.63) is 39.9 Å². The van der Waals surface area contributed by atoms with Crippen LogP contribution in [0.25, 0.3) is 10.9 Å². The number of piperazine rings is 1. The van der Waals surface area contributed by atoms with Crippen molar-refractivity contribution in [3.8, 4) is 0 Å². The van der Waals surface area contributed by atoms with Crippen LogP contribution >= 0.6 is 0 Å². The molecule has 8 nitrogen and oxygen atoms in total. The lowest BCUT2D eigenvalue weighted by atomic mass is 10.1. The Morgan fingerprint density at radius 2 is 1.96 bits per heavy atom. The van der Waals surface area contributed by atoms with Crippen LogP contribution in [0.15, 0.2) is 23.0 Å². The second kappa shape index (κ2) is 7.11. The van der Waals surface area contributed by atoms with Gasteiger partial charge in [-0.05, 0) is 31.0 Å². The molecule has 2 aromatic rings. The van der Waals surface area contributed by atoms with Crippen LogP contribution in [-0.2, 0) is 16.1 Å². The first-order valence-electron chi connectivity index (χ1n) is 9.17. The Hall–Kier alpha value is -2.74. The number of nitrogens with one attached hydrogen (secondary N) is 1. The fraction of sp³-hybridized carbons (Fsp3) is 0.474. The average molecular weight is 370 g/mol. The molecule has 1 aromatic heterocycles. The van der Waals surface area contributed by atoms with Crippen LogP contribution in [0.3, 0.4) is 0 Å². The molecule has 1 N–H and O–H groups in total. The second-order valence-electron chi connectivity index (χ2n) is 7.11. The summed E-state index contributed by atoms with van der Waals surface area (Å²) in [5.74, 6) is 0.620. The molecule has 0 atom stereocenters. The molecular formula is C19H22N4O4. The van der Waals surface area contributed by atoms with E-state index in [4.69, 9.17) is 4.74 Å². The van der Waals surface area contributed by atoms with Crippen molar-refractivity contribution in [2.45, 2.75) is 19.4 Å². The molecule has 27 heavy (non-hydrogen) atoms. The molecular weight excluding hydrogens is 348 g/mol. The lowest BCUT2D eigenvalue weighted by Crippen LogP contribution is -2.49. The van der Waals surface area contributed by atoms with Crippen LogP contribution in [0.1, 0.15) is 29.0 Å². The summed E-state index contributed by atoms with van der Waals surface area (Å²) in [5, 5.41) is 0.436. The van der Waals surface area contributed by atoms with Gasteiger partial charge in [0.05, 0.1) is 30.1 Å². The highest BCUT2D eigenvalue weighted by atomic mass is 16.5. The second-order valence-corrected chi connectivity index (χ2v) is 7.11. The van der Waals surface area contributed by atoms with E-state index in [9.17, 15) is 14.4 Å². The number of benzene rings is 1. The first-order chi connectivity index (χ1) is 13.0. The van der Waals surface area contributed by atoms with Gasteiger partial charge in [0.15, 0.2) is 0 Å². The summed E-state index contributed by atoms with van der Waals surface area (Å²) in [5.41, 5.74) is 0.606. The molecule has 2 heterocycles. The number of methoxy groups -OCH3 is 1. The average Bonchev–Trinajstić information content (AvgIpc) is 3.52. The number of carbonyl (C=O) groups excluding carboxylic acids is 2. The van der Waals surface area contributed by atoms with Crippen LogP contribution in [0, 0.1) is 5.92 Å². The minimum absolute atomic E-state index is 0.228. The molecule has 0 spiro atoms. The largest absolute Gasteiger partial charge is 0.465 e. The zero-order valence-corrected chi connectivity index (χ0v) is 15.2. The van der Waals surface area contributed by atoms with E-state index in [0.717, 1.165) is 25.9 Å². The highest BCUT2D eigenvalue weighted by Gasteiger charge is 2.34. The van der Waals surface area contributed by atoms with E-state index in [-0.39, 0.29) is 17.4 Å². The van der Waals surface area contributed by atoms with Gasteiger partial charge in [0.25, 0.3) is 5.56 Å². The maximum Gasteiger partial charge on any atom is 0.337 e. The molecule has 1 aliphatic carbocycles. The summed E-state index contributed by atoms with van der Waals surface area (Å²) < 4.78 is 4.72. The van der Waals surface area contributed by atoms with Crippen molar-refractivity contribution in [3.63, 3.8) is 0 Å². The number of carbonyl (C=O) groups is 2. The predicted octanol–water partition coefficient (Wildman–Crippen LogP) is 0.764. The van der Waals surface area contributed by atoms with Crippen molar-refractivity contribution in [1.29, 1.82) is 0 Å². The minimum atomic E-state index is -0.461. The summed E-state index contributed by atoms with van der Waals surface area (Å²) in [4.78, 5) is 47.6. The number of ether oxygens (including phenoxy) is 1. The Morgan fingerprint density at radius 1 is 1.22 bits per heavy atom. The number of rotatable bonds is 4. The molecule has 0 unspecified atom stereocenters. The molecule has 4 rings (SSSR count). The number of amides is 1. The standard InChI is InChI=1S/C19H22N4O4/c1-27-19(26)13-4-5-14-15(10-13)20-16(21-17(14)24)11-22-6-8-23(9-7-22)18(25)12-2-3-12/h4-5,10,12H,2-3,6-9,11H2,1H3,(H,20,21,24). The molecule has 1 saturated carbocycles. The summed E-state index contributed by atoms with van der Waals surface area (Å²) in [6.07, 6.45) is 2.05. The van der Waals surface area contributed by atoms with Crippen molar-refractivity contribution in [1.82, 2.24) is 19.8 Å². The van der Waals surface area contributed by atoms with E-state index in [0.29, 0.717) is 41.9 Å². The third kappa shape index (κ3) is 3.71. The number of aromatic nitrogens is 2. The number of nitrogens with zero attached hydrogens (tertiary/aromatic N) is 3.